The van der Waals surface area contributed by atoms with E-state index in [9.17, 15) is 4.79 Å². The zero-order chi connectivity index (χ0) is 21.4. The number of benzene rings is 2. The maximum Gasteiger partial charge on any atom is 0.292 e. The largest absolute Gasteiger partial charge is 0.491 e. The first-order chi connectivity index (χ1) is 14.3. The summed E-state index contributed by atoms with van der Waals surface area (Å²) in [6.07, 6.45) is 0.0823. The Balaban J connectivity index is 1.61. The number of anilines is 1. The zero-order valence-electron chi connectivity index (χ0n) is 17.6. The second-order valence-electron chi connectivity index (χ2n) is 7.62. The van der Waals surface area contributed by atoms with Gasteiger partial charge in [-0.05, 0) is 86.4 Å². The monoisotopic (exact) mass is 405 g/mol. The fraction of sp³-hybridized carbons (Fsp3) is 0.261. The Bertz CT molecular complexity index is 1220. The van der Waals surface area contributed by atoms with Crippen LogP contribution in [-0.2, 0) is 0 Å². The first kappa shape index (κ1) is 19.7. The van der Waals surface area contributed by atoms with Gasteiger partial charge in [-0.15, -0.1) is 0 Å². The quantitative estimate of drug-likeness (QED) is 0.475. The van der Waals surface area contributed by atoms with Gasteiger partial charge in [0, 0.05) is 16.5 Å². The van der Waals surface area contributed by atoms with Gasteiger partial charge in [0.05, 0.1) is 6.10 Å². The molecule has 0 aliphatic heterocycles. The molecule has 0 fully saturated rings. The minimum Gasteiger partial charge on any atom is -0.491 e. The minimum atomic E-state index is -0.405. The fourth-order valence-corrected chi connectivity index (χ4v) is 3.59. The van der Waals surface area contributed by atoms with Crippen molar-refractivity contribution in [2.24, 2.45) is 0 Å². The van der Waals surface area contributed by atoms with Gasteiger partial charge in [0.25, 0.3) is 5.91 Å². The molecule has 2 heterocycles. The minimum absolute atomic E-state index is 0.0823. The van der Waals surface area contributed by atoms with Crippen LogP contribution in [0.4, 0.5) is 5.82 Å². The van der Waals surface area contributed by atoms with Crippen molar-refractivity contribution in [2.45, 2.75) is 40.7 Å². The molecule has 2 aromatic heterocycles. The van der Waals surface area contributed by atoms with Crippen molar-refractivity contribution >= 4 is 22.7 Å². The van der Waals surface area contributed by atoms with Crippen LogP contribution in [0.3, 0.4) is 0 Å². The molecule has 7 heteroatoms. The molecule has 0 saturated carbocycles. The Morgan fingerprint density at radius 1 is 1.07 bits per heavy atom. The van der Waals surface area contributed by atoms with Crippen LogP contribution in [0.2, 0.25) is 0 Å². The number of carbonyl (C=O) groups excluding carboxylic acids is 1. The van der Waals surface area contributed by atoms with Gasteiger partial charge in [-0.3, -0.25) is 10.1 Å². The van der Waals surface area contributed by atoms with E-state index in [1.165, 1.54) is 0 Å². The lowest BCUT2D eigenvalue weighted by molar-refractivity contribution is 0.0997. The number of carbonyl (C=O) groups is 1. The predicted octanol–water partition coefficient (Wildman–Crippen LogP) is 5.45. The number of amides is 1. The predicted molar refractivity (Wildman–Crippen MR) is 114 cm³/mol. The highest BCUT2D eigenvalue weighted by Crippen LogP contribution is 2.31. The summed E-state index contributed by atoms with van der Waals surface area (Å²) in [5.41, 5.74) is 4.80. The summed E-state index contributed by atoms with van der Waals surface area (Å²) >= 11 is 0. The summed E-state index contributed by atoms with van der Waals surface area (Å²) in [6.45, 7) is 9.80. The summed E-state index contributed by atoms with van der Waals surface area (Å²) in [6, 6.07) is 11.3. The normalized spacial score (nSPS) is 11.3. The van der Waals surface area contributed by atoms with E-state index in [1.54, 1.807) is 0 Å². The van der Waals surface area contributed by atoms with Crippen LogP contribution < -0.4 is 10.1 Å². The molecule has 0 aliphatic carbocycles. The first-order valence-corrected chi connectivity index (χ1v) is 9.75. The average Bonchev–Trinajstić information content (AvgIpc) is 3.26. The van der Waals surface area contributed by atoms with E-state index in [2.05, 4.69) is 21.7 Å². The van der Waals surface area contributed by atoms with Crippen LogP contribution >= 0.6 is 0 Å². The van der Waals surface area contributed by atoms with Gasteiger partial charge in [-0.2, -0.15) is 0 Å². The van der Waals surface area contributed by atoms with Gasteiger partial charge in [0.1, 0.15) is 11.3 Å². The summed E-state index contributed by atoms with van der Waals surface area (Å²) in [4.78, 5) is 12.9. The number of ether oxygens (including phenoxy) is 1. The summed E-state index contributed by atoms with van der Waals surface area (Å²) in [7, 11) is 0. The summed E-state index contributed by atoms with van der Waals surface area (Å²) in [5.74, 6) is 0.815. The maximum absolute atomic E-state index is 12.9. The number of rotatable bonds is 5. The SMILES string of the molecule is Cc1cc(C)c2c(C)c(C(=O)Nc3nonc3-c3ccc(OC(C)C)cc3)oc2c1. The van der Waals surface area contributed by atoms with Crippen LogP contribution in [0, 0.1) is 20.8 Å². The third kappa shape index (κ3) is 3.66. The standard InChI is InChI=1S/C23H23N3O4/c1-12(2)28-17-8-6-16(7-9-17)20-22(26-30-25-20)24-23(27)21-15(5)19-14(4)10-13(3)11-18(19)29-21/h6-12H,1-5H3,(H,24,26,27). The van der Waals surface area contributed by atoms with Crippen LogP contribution in [0.1, 0.15) is 41.1 Å². The fourth-order valence-electron chi connectivity index (χ4n) is 3.59. The molecular weight excluding hydrogens is 382 g/mol. The lowest BCUT2D eigenvalue weighted by Gasteiger charge is -2.09. The Labute approximate surface area is 174 Å². The van der Waals surface area contributed by atoms with E-state index in [0.717, 1.165) is 33.4 Å². The van der Waals surface area contributed by atoms with Crippen molar-refractivity contribution in [1.29, 1.82) is 0 Å². The molecule has 154 valence electrons. The van der Waals surface area contributed by atoms with Gasteiger partial charge in [-0.25, -0.2) is 4.63 Å². The van der Waals surface area contributed by atoms with Crippen molar-refractivity contribution in [1.82, 2.24) is 10.3 Å². The number of aromatic nitrogens is 2. The van der Waals surface area contributed by atoms with Gasteiger partial charge >= 0.3 is 0 Å². The van der Waals surface area contributed by atoms with Gasteiger partial charge in [0.2, 0.25) is 5.82 Å². The molecule has 4 aromatic rings. The van der Waals surface area contributed by atoms with Crippen molar-refractivity contribution in [2.75, 3.05) is 5.32 Å². The van der Waals surface area contributed by atoms with Crippen LogP contribution in [-0.4, -0.2) is 22.3 Å². The number of hydrogen-bond donors (Lipinski definition) is 1. The molecule has 1 N–H and O–H groups in total. The molecule has 7 nitrogen and oxygen atoms in total. The number of aryl methyl sites for hydroxylation is 3. The molecule has 0 atom stereocenters. The third-order valence-corrected chi connectivity index (χ3v) is 4.80. The van der Waals surface area contributed by atoms with Crippen molar-refractivity contribution in [3.05, 3.63) is 58.8 Å². The second-order valence-corrected chi connectivity index (χ2v) is 7.62. The van der Waals surface area contributed by atoms with Crippen molar-refractivity contribution < 1.29 is 18.6 Å². The molecule has 0 bridgehead atoms. The first-order valence-electron chi connectivity index (χ1n) is 9.75. The molecule has 2 aromatic carbocycles. The Kier molecular flexibility index (Phi) is 5.03. The molecule has 4 rings (SSSR count). The molecule has 30 heavy (non-hydrogen) atoms. The zero-order valence-corrected chi connectivity index (χ0v) is 17.6. The summed E-state index contributed by atoms with van der Waals surface area (Å²) < 4.78 is 16.4. The van der Waals surface area contributed by atoms with Crippen molar-refractivity contribution in [3.63, 3.8) is 0 Å². The van der Waals surface area contributed by atoms with Crippen LogP contribution in [0.5, 0.6) is 5.75 Å². The second kappa shape index (κ2) is 7.67. The van der Waals surface area contributed by atoms with E-state index in [0.29, 0.717) is 11.3 Å². The Hall–Kier alpha value is -3.61. The highest BCUT2D eigenvalue weighted by Gasteiger charge is 2.22. The number of hydrogen-bond acceptors (Lipinski definition) is 6. The number of nitrogens with zero attached hydrogens (tertiary/aromatic N) is 2. The lowest BCUT2D eigenvalue weighted by Crippen LogP contribution is -2.13. The van der Waals surface area contributed by atoms with Crippen LogP contribution in [0.25, 0.3) is 22.2 Å². The molecule has 1 amide bonds. The number of nitrogens with one attached hydrogen (secondary N) is 1. The highest BCUT2D eigenvalue weighted by atomic mass is 16.6. The van der Waals surface area contributed by atoms with E-state index in [-0.39, 0.29) is 17.7 Å². The number of fused-ring (bicyclic) bond motifs is 1. The van der Waals surface area contributed by atoms with E-state index >= 15 is 0 Å². The molecule has 0 saturated heterocycles. The Morgan fingerprint density at radius 3 is 2.50 bits per heavy atom. The lowest BCUT2D eigenvalue weighted by atomic mass is 10.0. The highest BCUT2D eigenvalue weighted by molar-refractivity contribution is 6.07. The van der Waals surface area contributed by atoms with E-state index < -0.39 is 5.91 Å². The van der Waals surface area contributed by atoms with E-state index in [1.807, 2.05) is 65.0 Å². The van der Waals surface area contributed by atoms with Gasteiger partial charge in [0.15, 0.2) is 11.5 Å². The third-order valence-electron chi connectivity index (χ3n) is 4.80. The van der Waals surface area contributed by atoms with Crippen molar-refractivity contribution in [3.8, 4) is 17.0 Å². The topological polar surface area (TPSA) is 90.4 Å². The molecule has 0 unspecified atom stereocenters. The van der Waals surface area contributed by atoms with E-state index in [4.69, 9.17) is 13.8 Å². The molecule has 0 spiro atoms. The Morgan fingerprint density at radius 2 is 1.80 bits per heavy atom. The maximum atomic E-state index is 12.9. The van der Waals surface area contributed by atoms with Crippen LogP contribution in [0.15, 0.2) is 45.4 Å². The smallest absolute Gasteiger partial charge is 0.292 e. The average molecular weight is 405 g/mol. The number of furan rings is 1. The van der Waals surface area contributed by atoms with Gasteiger partial charge < -0.3 is 9.15 Å². The van der Waals surface area contributed by atoms with Gasteiger partial charge in [-0.1, -0.05) is 6.07 Å². The molecule has 0 radical (unpaired) electrons. The molecular formula is C23H23N3O4. The molecule has 0 aliphatic rings. The summed E-state index contributed by atoms with van der Waals surface area (Å²) in [5, 5.41) is 11.5.